The van der Waals surface area contributed by atoms with E-state index in [0.29, 0.717) is 5.56 Å². The first-order valence-corrected chi connectivity index (χ1v) is 7.75. The molecule has 116 valence electrons. The molecule has 0 bridgehead atoms. The first-order valence-electron chi connectivity index (χ1n) is 7.75. The van der Waals surface area contributed by atoms with Crippen LogP contribution in [0.25, 0.3) is 0 Å². The van der Waals surface area contributed by atoms with Crippen molar-refractivity contribution >= 4 is 0 Å². The number of hydrogen-bond donors (Lipinski definition) is 2. The Morgan fingerprint density at radius 1 is 0.696 bits per heavy atom. The molecule has 1 atom stereocenters. The fraction of sp³-hybridized carbons (Fsp3) is 0.143. The van der Waals surface area contributed by atoms with E-state index in [2.05, 4.69) is 0 Å². The third-order valence-corrected chi connectivity index (χ3v) is 4.18. The van der Waals surface area contributed by atoms with Crippen LogP contribution in [0.4, 0.5) is 0 Å². The Morgan fingerprint density at radius 3 is 1.61 bits per heavy atom. The van der Waals surface area contributed by atoms with Crippen LogP contribution in [0.3, 0.4) is 0 Å². The number of rotatable bonds is 4. The Morgan fingerprint density at radius 2 is 1.13 bits per heavy atom. The predicted octanol–water partition coefficient (Wildman–Crippen LogP) is 4.02. The molecule has 2 heteroatoms. The zero-order valence-electron chi connectivity index (χ0n) is 13.1. The van der Waals surface area contributed by atoms with E-state index in [1.54, 1.807) is 6.92 Å². The summed E-state index contributed by atoms with van der Waals surface area (Å²) in [6, 6.07) is 26.6. The van der Waals surface area contributed by atoms with Crippen LogP contribution in [0, 0.1) is 0 Å². The fourth-order valence-corrected chi connectivity index (χ4v) is 3.03. The predicted molar refractivity (Wildman–Crippen MR) is 92.1 cm³/mol. The van der Waals surface area contributed by atoms with Crippen LogP contribution < -0.4 is 0 Å². The van der Waals surface area contributed by atoms with Crippen molar-refractivity contribution in [3.8, 4) is 0 Å². The van der Waals surface area contributed by atoms with Crippen LogP contribution in [-0.2, 0) is 5.60 Å². The van der Waals surface area contributed by atoms with Crippen molar-refractivity contribution < 1.29 is 10.2 Å². The number of hydrogen-bond acceptors (Lipinski definition) is 2. The number of aliphatic hydroxyl groups excluding tert-OH is 1. The van der Waals surface area contributed by atoms with Crippen LogP contribution >= 0.6 is 0 Å². The van der Waals surface area contributed by atoms with E-state index in [4.69, 9.17) is 0 Å². The quantitative estimate of drug-likeness (QED) is 0.715. The maximum atomic E-state index is 11.7. The number of benzene rings is 3. The third kappa shape index (κ3) is 2.79. The van der Waals surface area contributed by atoms with E-state index in [1.807, 2.05) is 84.9 Å². The highest BCUT2D eigenvalue weighted by Crippen LogP contribution is 2.39. The molecule has 0 amide bonds. The van der Waals surface area contributed by atoms with Gasteiger partial charge in [0.05, 0.1) is 6.10 Å². The molecule has 0 saturated carbocycles. The molecule has 0 saturated heterocycles. The van der Waals surface area contributed by atoms with Gasteiger partial charge in [-0.1, -0.05) is 84.9 Å². The molecule has 0 aromatic heterocycles. The van der Waals surface area contributed by atoms with Crippen LogP contribution in [0.5, 0.6) is 0 Å². The van der Waals surface area contributed by atoms with Crippen molar-refractivity contribution in [3.63, 3.8) is 0 Å². The maximum absolute atomic E-state index is 11.7. The van der Waals surface area contributed by atoms with E-state index in [0.717, 1.165) is 16.7 Å². The standard InChI is InChI=1S/C21H20O2/c1-16(22)19-14-8-9-15-20(19)21(23,17-10-4-2-5-11-17)18-12-6-3-7-13-18/h2-16,22-23H,1H3/t16-/m0/s1. The van der Waals surface area contributed by atoms with Gasteiger partial charge < -0.3 is 10.2 Å². The molecule has 23 heavy (non-hydrogen) atoms. The highest BCUT2D eigenvalue weighted by atomic mass is 16.3. The lowest BCUT2D eigenvalue weighted by atomic mass is 9.77. The van der Waals surface area contributed by atoms with Gasteiger partial charge in [-0.3, -0.25) is 0 Å². The van der Waals surface area contributed by atoms with E-state index < -0.39 is 11.7 Å². The van der Waals surface area contributed by atoms with E-state index >= 15 is 0 Å². The van der Waals surface area contributed by atoms with Crippen molar-refractivity contribution in [1.82, 2.24) is 0 Å². The van der Waals surface area contributed by atoms with Crippen molar-refractivity contribution in [2.75, 3.05) is 0 Å². The van der Waals surface area contributed by atoms with Crippen molar-refractivity contribution in [2.24, 2.45) is 0 Å². The minimum atomic E-state index is -1.31. The van der Waals surface area contributed by atoms with E-state index in [1.165, 1.54) is 0 Å². The van der Waals surface area contributed by atoms with Crippen LogP contribution in [0.2, 0.25) is 0 Å². The molecule has 0 heterocycles. The van der Waals surface area contributed by atoms with E-state index in [-0.39, 0.29) is 0 Å². The topological polar surface area (TPSA) is 40.5 Å². The van der Waals surface area contributed by atoms with Gasteiger partial charge in [0.1, 0.15) is 5.60 Å². The van der Waals surface area contributed by atoms with E-state index in [9.17, 15) is 10.2 Å². The third-order valence-electron chi connectivity index (χ3n) is 4.18. The summed E-state index contributed by atoms with van der Waals surface area (Å²) in [4.78, 5) is 0. The maximum Gasteiger partial charge on any atom is 0.140 e. The molecule has 2 N–H and O–H groups in total. The molecule has 3 rings (SSSR count). The Bertz CT molecular complexity index is 725. The summed E-state index contributed by atoms with van der Waals surface area (Å²) in [5.41, 5.74) is 1.67. The van der Waals surface area contributed by atoms with Gasteiger partial charge in [-0.2, -0.15) is 0 Å². The molecule has 0 aliphatic carbocycles. The molecule has 3 aromatic carbocycles. The lowest BCUT2D eigenvalue weighted by Gasteiger charge is -2.32. The average molecular weight is 304 g/mol. The van der Waals surface area contributed by atoms with Gasteiger partial charge in [0, 0.05) is 0 Å². The van der Waals surface area contributed by atoms with Crippen molar-refractivity contribution in [1.29, 1.82) is 0 Å². The van der Waals surface area contributed by atoms with Gasteiger partial charge >= 0.3 is 0 Å². The molecule has 0 unspecified atom stereocenters. The molecule has 0 radical (unpaired) electrons. The van der Waals surface area contributed by atoms with Crippen LogP contribution in [-0.4, -0.2) is 10.2 Å². The highest BCUT2D eigenvalue weighted by molar-refractivity contribution is 5.50. The molecular weight excluding hydrogens is 284 g/mol. The van der Waals surface area contributed by atoms with Gasteiger partial charge in [-0.05, 0) is 29.2 Å². The second-order valence-electron chi connectivity index (χ2n) is 5.71. The van der Waals surface area contributed by atoms with Gasteiger partial charge in [-0.15, -0.1) is 0 Å². The molecular formula is C21H20O2. The summed E-state index contributed by atoms with van der Waals surface area (Å²) in [6.45, 7) is 1.72. The number of aliphatic hydroxyl groups is 2. The Hall–Kier alpha value is -2.42. The monoisotopic (exact) mass is 304 g/mol. The SMILES string of the molecule is C[C@H](O)c1ccccc1C(O)(c1ccccc1)c1ccccc1. The summed E-state index contributed by atoms with van der Waals surface area (Å²) < 4.78 is 0. The van der Waals surface area contributed by atoms with Gasteiger partial charge in [0.15, 0.2) is 0 Å². The summed E-state index contributed by atoms with van der Waals surface area (Å²) in [5.74, 6) is 0. The lowest BCUT2D eigenvalue weighted by Crippen LogP contribution is -2.30. The summed E-state index contributed by atoms with van der Waals surface area (Å²) in [7, 11) is 0. The first kappa shape index (κ1) is 15.5. The first-order chi connectivity index (χ1) is 11.1. The van der Waals surface area contributed by atoms with Gasteiger partial charge in [-0.25, -0.2) is 0 Å². The molecule has 0 fully saturated rings. The van der Waals surface area contributed by atoms with Crippen LogP contribution in [0.15, 0.2) is 84.9 Å². The van der Waals surface area contributed by atoms with Gasteiger partial charge in [0.25, 0.3) is 0 Å². The summed E-state index contributed by atoms with van der Waals surface area (Å²) in [6.07, 6.45) is -0.662. The molecule has 0 spiro atoms. The zero-order valence-corrected chi connectivity index (χ0v) is 13.1. The fourth-order valence-electron chi connectivity index (χ4n) is 3.03. The zero-order chi connectivity index (χ0) is 16.3. The summed E-state index contributed by atoms with van der Waals surface area (Å²) in [5, 5.41) is 21.9. The lowest BCUT2D eigenvalue weighted by molar-refractivity contribution is 0.118. The van der Waals surface area contributed by atoms with Crippen LogP contribution in [0.1, 0.15) is 35.3 Å². The Labute approximate surface area is 136 Å². The minimum Gasteiger partial charge on any atom is -0.389 e. The molecule has 3 aromatic rings. The molecule has 0 aliphatic rings. The minimum absolute atomic E-state index is 0.662. The Balaban J connectivity index is 2.30. The van der Waals surface area contributed by atoms with Crippen molar-refractivity contribution in [3.05, 3.63) is 107 Å². The highest BCUT2D eigenvalue weighted by Gasteiger charge is 2.35. The largest absolute Gasteiger partial charge is 0.389 e. The summed E-state index contributed by atoms with van der Waals surface area (Å²) >= 11 is 0. The van der Waals surface area contributed by atoms with Gasteiger partial charge in [0.2, 0.25) is 0 Å². The second-order valence-corrected chi connectivity index (χ2v) is 5.71. The molecule has 0 aliphatic heterocycles. The molecule has 2 nitrogen and oxygen atoms in total. The Kier molecular flexibility index (Phi) is 4.28. The smallest absolute Gasteiger partial charge is 0.140 e. The average Bonchev–Trinajstić information content (AvgIpc) is 2.62. The second kappa shape index (κ2) is 6.37. The normalized spacial score (nSPS) is 12.8. The van der Waals surface area contributed by atoms with Crippen molar-refractivity contribution in [2.45, 2.75) is 18.6 Å².